The van der Waals surface area contributed by atoms with E-state index in [9.17, 15) is 5.11 Å². The molecule has 0 unspecified atom stereocenters. The van der Waals surface area contributed by atoms with Gasteiger partial charge in [-0.05, 0) is 47.9 Å². The Morgan fingerprint density at radius 1 is 0.902 bits per heavy atom. The zero-order valence-corrected chi connectivity index (χ0v) is 31.3. The number of aliphatic hydroxyl groups is 1. The first-order valence-electron chi connectivity index (χ1n) is 15.1. The van der Waals surface area contributed by atoms with Crippen molar-refractivity contribution in [3.05, 3.63) is 48.6 Å². The molecule has 0 saturated carbocycles. The number of benzene rings is 1. The normalized spacial score (nSPS) is 26.7. The highest BCUT2D eigenvalue weighted by molar-refractivity contribution is 6.76. The Labute approximate surface area is 254 Å². The Morgan fingerprint density at radius 3 is 1.93 bits per heavy atom. The zero-order chi connectivity index (χ0) is 31.5. The topological polar surface area (TPSA) is 66.4 Å². The number of hydrogen-bond acceptors (Lipinski definition) is 6. The van der Waals surface area contributed by atoms with Crippen molar-refractivity contribution in [1.29, 1.82) is 0 Å². The maximum Gasteiger partial charge on any atom is 0.192 e. The maximum atomic E-state index is 12.4. The average Bonchev–Trinajstić information content (AvgIpc) is 2.82. The van der Waals surface area contributed by atoms with Gasteiger partial charge in [-0.15, -0.1) is 6.58 Å². The first kappa shape index (κ1) is 36.6. The molecule has 0 radical (unpaired) electrons. The van der Waals surface area contributed by atoms with Crippen molar-refractivity contribution in [2.24, 2.45) is 0 Å². The lowest BCUT2D eigenvalue weighted by molar-refractivity contribution is -0.315. The third-order valence-corrected chi connectivity index (χ3v) is 19.8. The van der Waals surface area contributed by atoms with Crippen LogP contribution in [0.4, 0.5) is 0 Å². The molecule has 0 spiro atoms. The highest BCUT2D eigenvalue weighted by Crippen LogP contribution is 2.46. The van der Waals surface area contributed by atoms with Gasteiger partial charge in [-0.2, -0.15) is 0 Å². The molecule has 41 heavy (non-hydrogen) atoms. The summed E-state index contributed by atoms with van der Waals surface area (Å²) in [5.41, 5.74) is -0.487. The fourth-order valence-electron chi connectivity index (χ4n) is 4.12. The van der Waals surface area contributed by atoms with Crippen LogP contribution in [0.1, 0.15) is 47.1 Å². The lowest BCUT2D eigenvalue weighted by atomic mass is 9.84. The number of rotatable bonds is 13. The average molecular weight is 625 g/mol. The SMILES string of the molecule is C=C[C@@]1(O)[C@H](O[Si](C)(C)C(C)(C)C)[C@@H](O[Si](C)(C)C(C)(C)C)[C@H](OCC[Si](C)(C)C)O[C@@H]1COCc1ccccc1. The lowest BCUT2D eigenvalue weighted by Crippen LogP contribution is -2.71. The first-order chi connectivity index (χ1) is 18.5. The van der Waals surface area contributed by atoms with E-state index in [4.69, 9.17) is 23.1 Å². The second-order valence-electron chi connectivity index (χ2n) is 15.9. The molecule has 1 aliphatic rings. The van der Waals surface area contributed by atoms with Crippen molar-refractivity contribution >= 4 is 24.7 Å². The Balaban J connectivity index is 2.55. The molecule has 236 valence electrons. The third kappa shape index (κ3) is 9.68. The van der Waals surface area contributed by atoms with Gasteiger partial charge >= 0.3 is 0 Å². The van der Waals surface area contributed by atoms with Crippen molar-refractivity contribution < 1.29 is 28.2 Å². The molecule has 1 aliphatic heterocycles. The van der Waals surface area contributed by atoms with Crippen molar-refractivity contribution in [2.75, 3.05) is 13.2 Å². The minimum absolute atomic E-state index is 0.0562. The summed E-state index contributed by atoms with van der Waals surface area (Å²) < 4.78 is 33.5. The Bertz CT molecular complexity index is 964. The molecule has 0 bridgehead atoms. The Kier molecular flexibility index (Phi) is 12.1. The maximum absolute atomic E-state index is 12.4. The van der Waals surface area contributed by atoms with E-state index in [1.54, 1.807) is 6.08 Å². The van der Waals surface area contributed by atoms with Crippen LogP contribution in [0.25, 0.3) is 0 Å². The van der Waals surface area contributed by atoms with Crippen LogP contribution in [-0.2, 0) is 29.7 Å². The van der Waals surface area contributed by atoms with Crippen LogP contribution in [0, 0.1) is 0 Å². The monoisotopic (exact) mass is 624 g/mol. The van der Waals surface area contributed by atoms with Crippen LogP contribution < -0.4 is 0 Å². The van der Waals surface area contributed by atoms with Crippen LogP contribution in [0.5, 0.6) is 0 Å². The standard InChI is InChI=1S/C32H60O6Si3/c1-15-32(33)26(24-34-23-25-19-17-16-18-20-25)36-29(35-21-22-39(8,9)10)27(37-40(11,12)30(2,3)4)28(32)38-41(13,14)31(5,6)7/h15-20,26-29,33H,1,21-24H2,2-14H3/t26-,27-,28-,29-,32+/m1/s1. The molecule has 0 amide bonds. The second kappa shape index (κ2) is 13.6. The van der Waals surface area contributed by atoms with E-state index in [0.717, 1.165) is 11.6 Å². The molecule has 6 nitrogen and oxygen atoms in total. The fraction of sp³-hybridized carbons (Fsp3) is 0.750. The van der Waals surface area contributed by atoms with Gasteiger partial charge in [-0.25, -0.2) is 0 Å². The summed E-state index contributed by atoms with van der Waals surface area (Å²) in [4.78, 5) is 0. The lowest BCUT2D eigenvalue weighted by Gasteiger charge is -2.55. The van der Waals surface area contributed by atoms with Crippen molar-refractivity contribution in [2.45, 2.75) is 140 Å². The van der Waals surface area contributed by atoms with Crippen LogP contribution in [0.15, 0.2) is 43.0 Å². The summed E-state index contributed by atoms with van der Waals surface area (Å²) in [6, 6.07) is 11.0. The van der Waals surface area contributed by atoms with Crippen molar-refractivity contribution in [3.63, 3.8) is 0 Å². The van der Waals surface area contributed by atoms with Crippen LogP contribution in [0.2, 0.25) is 61.9 Å². The highest BCUT2D eigenvalue weighted by atomic mass is 28.4. The second-order valence-corrected chi connectivity index (χ2v) is 31.0. The van der Waals surface area contributed by atoms with Gasteiger partial charge in [0.15, 0.2) is 22.9 Å². The minimum atomic E-state index is -2.38. The van der Waals surface area contributed by atoms with Gasteiger partial charge in [0.05, 0.1) is 13.2 Å². The molecule has 5 atom stereocenters. The largest absolute Gasteiger partial charge is 0.408 e. The summed E-state index contributed by atoms with van der Waals surface area (Å²) in [6.07, 6.45) is -1.23. The van der Waals surface area contributed by atoms with E-state index in [0.29, 0.717) is 13.2 Å². The van der Waals surface area contributed by atoms with Crippen molar-refractivity contribution in [3.8, 4) is 0 Å². The summed E-state index contributed by atoms with van der Waals surface area (Å²) in [7, 11) is -6.07. The highest BCUT2D eigenvalue weighted by Gasteiger charge is 2.59. The zero-order valence-electron chi connectivity index (χ0n) is 28.3. The predicted molar refractivity (Wildman–Crippen MR) is 178 cm³/mol. The van der Waals surface area contributed by atoms with E-state index >= 15 is 0 Å². The van der Waals surface area contributed by atoms with E-state index in [-0.39, 0.29) is 16.7 Å². The van der Waals surface area contributed by atoms with Gasteiger partial charge in [-0.3, -0.25) is 0 Å². The third-order valence-electron chi connectivity index (χ3n) is 9.14. The number of ether oxygens (including phenoxy) is 3. The fourth-order valence-corrected chi connectivity index (χ4v) is 7.43. The van der Waals surface area contributed by atoms with Gasteiger partial charge < -0.3 is 28.2 Å². The van der Waals surface area contributed by atoms with E-state index < -0.39 is 54.9 Å². The van der Waals surface area contributed by atoms with E-state index in [1.165, 1.54) is 0 Å². The molecule has 2 rings (SSSR count). The van der Waals surface area contributed by atoms with Gasteiger partial charge in [0.2, 0.25) is 0 Å². The van der Waals surface area contributed by atoms with Crippen LogP contribution in [-0.4, -0.2) is 73.2 Å². The molecule has 1 aromatic carbocycles. The minimum Gasteiger partial charge on any atom is -0.408 e. The number of hydrogen-bond donors (Lipinski definition) is 1. The molecule has 0 aliphatic carbocycles. The molecular weight excluding hydrogens is 565 g/mol. The van der Waals surface area contributed by atoms with Gasteiger partial charge in [0, 0.05) is 14.7 Å². The van der Waals surface area contributed by atoms with Gasteiger partial charge in [0.25, 0.3) is 0 Å². The van der Waals surface area contributed by atoms with Gasteiger partial charge in [0.1, 0.15) is 23.9 Å². The summed E-state index contributed by atoms with van der Waals surface area (Å²) >= 11 is 0. The van der Waals surface area contributed by atoms with Crippen LogP contribution >= 0.6 is 0 Å². The molecule has 1 N–H and O–H groups in total. The van der Waals surface area contributed by atoms with Gasteiger partial charge in [-0.1, -0.05) is 97.6 Å². The summed E-state index contributed by atoms with van der Waals surface area (Å²) in [5, 5.41) is 12.3. The molecule has 1 saturated heterocycles. The molecule has 0 aromatic heterocycles. The predicted octanol–water partition coefficient (Wildman–Crippen LogP) is 7.98. The summed E-state index contributed by atoms with van der Waals surface area (Å²) in [6.45, 7) is 34.3. The molecule has 1 heterocycles. The van der Waals surface area contributed by atoms with E-state index in [1.807, 2.05) is 30.3 Å². The smallest absolute Gasteiger partial charge is 0.192 e. The quantitative estimate of drug-likeness (QED) is 0.177. The van der Waals surface area contributed by atoms with Crippen LogP contribution in [0.3, 0.4) is 0 Å². The first-order valence-corrected chi connectivity index (χ1v) is 24.7. The molecular formula is C32H60O6Si3. The Morgan fingerprint density at radius 2 is 1.44 bits per heavy atom. The Hall–Kier alpha value is -0.629. The van der Waals surface area contributed by atoms with Crippen molar-refractivity contribution in [1.82, 2.24) is 0 Å². The molecule has 9 heteroatoms. The molecule has 1 fully saturated rings. The molecule has 1 aromatic rings. The van der Waals surface area contributed by atoms with E-state index in [2.05, 4.69) is 94.0 Å². The summed E-state index contributed by atoms with van der Waals surface area (Å²) in [5.74, 6) is 0.